The van der Waals surface area contributed by atoms with Gasteiger partial charge in [0.25, 0.3) is 11.8 Å². The molecule has 0 unspecified atom stereocenters. The molecule has 0 aliphatic carbocycles. The molecule has 3 N–H and O–H groups in total. The predicted molar refractivity (Wildman–Crippen MR) is 120 cm³/mol. The number of hydrogen-bond acceptors (Lipinski definition) is 8. The van der Waals surface area contributed by atoms with Crippen LogP contribution in [0.25, 0.3) is 0 Å². The lowest BCUT2D eigenvalue weighted by atomic mass is 10.0. The molecule has 2 aliphatic heterocycles. The first kappa shape index (κ1) is 24.4. The van der Waals surface area contributed by atoms with Crippen molar-refractivity contribution in [2.45, 2.75) is 11.4 Å². The highest BCUT2D eigenvalue weighted by molar-refractivity contribution is 8.00. The van der Waals surface area contributed by atoms with Crippen LogP contribution in [0.3, 0.4) is 0 Å². The van der Waals surface area contributed by atoms with Crippen molar-refractivity contribution in [3.63, 3.8) is 0 Å². The fraction of sp³-hybridized carbons (Fsp3) is 0.350. The number of carbonyl (C=O) groups is 4. The van der Waals surface area contributed by atoms with Gasteiger partial charge in [-0.3, -0.25) is 14.5 Å². The smallest absolute Gasteiger partial charge is 0.407 e. The van der Waals surface area contributed by atoms with Crippen LogP contribution in [0.4, 0.5) is 4.79 Å². The van der Waals surface area contributed by atoms with Crippen molar-refractivity contribution in [2.24, 2.45) is 5.16 Å². The molecule has 33 heavy (non-hydrogen) atoms. The van der Waals surface area contributed by atoms with E-state index in [9.17, 15) is 24.3 Å². The van der Waals surface area contributed by atoms with Gasteiger partial charge in [0.1, 0.15) is 30.8 Å². The van der Waals surface area contributed by atoms with E-state index in [1.807, 2.05) is 0 Å². The van der Waals surface area contributed by atoms with Gasteiger partial charge < -0.3 is 25.3 Å². The molecule has 13 heteroatoms. The highest BCUT2D eigenvalue weighted by Gasteiger charge is 2.54. The van der Waals surface area contributed by atoms with Gasteiger partial charge in [0.2, 0.25) is 0 Å². The zero-order valence-electron chi connectivity index (χ0n) is 17.4. The molecule has 0 aromatic heterocycles. The van der Waals surface area contributed by atoms with Gasteiger partial charge >= 0.3 is 12.1 Å². The second-order valence-electron chi connectivity index (χ2n) is 6.80. The van der Waals surface area contributed by atoms with Crippen LogP contribution in [-0.2, 0) is 24.0 Å². The molecular formula is C20H21ClN4O7S. The van der Waals surface area contributed by atoms with Crippen molar-refractivity contribution in [1.82, 2.24) is 15.5 Å². The Kier molecular flexibility index (Phi) is 8.17. The summed E-state index contributed by atoms with van der Waals surface area (Å²) in [5.41, 5.74) is 0.494. The van der Waals surface area contributed by atoms with Gasteiger partial charge in [-0.2, -0.15) is 0 Å². The van der Waals surface area contributed by atoms with Crippen LogP contribution in [-0.4, -0.2) is 82.9 Å². The lowest BCUT2D eigenvalue weighted by Crippen LogP contribution is -2.71. The zero-order chi connectivity index (χ0) is 24.0. The molecule has 3 rings (SSSR count). The van der Waals surface area contributed by atoms with Crippen molar-refractivity contribution in [2.75, 3.05) is 31.9 Å². The van der Waals surface area contributed by atoms with E-state index in [2.05, 4.69) is 15.8 Å². The molecular weight excluding hydrogens is 476 g/mol. The van der Waals surface area contributed by atoms with Crippen molar-refractivity contribution in [3.05, 3.63) is 47.2 Å². The quantitative estimate of drug-likeness (QED) is 0.196. The van der Waals surface area contributed by atoms with Gasteiger partial charge in [-0.15, -0.1) is 23.4 Å². The summed E-state index contributed by atoms with van der Waals surface area (Å²) in [6.07, 6.45) is -0.744. The monoisotopic (exact) mass is 496 g/mol. The Bertz CT molecular complexity index is 1000. The molecule has 2 heterocycles. The topological polar surface area (TPSA) is 147 Å². The van der Waals surface area contributed by atoms with E-state index < -0.39 is 35.3 Å². The Morgan fingerprint density at radius 3 is 2.67 bits per heavy atom. The molecule has 3 amide bonds. The molecule has 0 spiro atoms. The summed E-state index contributed by atoms with van der Waals surface area (Å²) >= 11 is 6.74. The van der Waals surface area contributed by atoms with Gasteiger partial charge in [0.05, 0.1) is 0 Å². The summed E-state index contributed by atoms with van der Waals surface area (Å²) in [5.74, 6) is -2.15. The highest BCUT2D eigenvalue weighted by atomic mass is 35.5. The average molecular weight is 497 g/mol. The molecule has 1 fully saturated rings. The average Bonchev–Trinajstić information content (AvgIpc) is 2.82. The van der Waals surface area contributed by atoms with Gasteiger partial charge in [-0.05, 0) is 0 Å². The molecule has 1 aromatic carbocycles. The number of amides is 3. The number of rotatable bonds is 9. The summed E-state index contributed by atoms with van der Waals surface area (Å²) in [6, 6.07) is 7.62. The van der Waals surface area contributed by atoms with Gasteiger partial charge in [0.15, 0.2) is 5.71 Å². The first-order chi connectivity index (χ1) is 15.9. The van der Waals surface area contributed by atoms with Crippen LogP contribution in [0.5, 0.6) is 0 Å². The van der Waals surface area contributed by atoms with Crippen LogP contribution in [0.15, 0.2) is 46.8 Å². The lowest BCUT2D eigenvalue weighted by molar-refractivity contribution is -0.150. The fourth-order valence-corrected chi connectivity index (χ4v) is 4.69. The Labute approximate surface area is 198 Å². The molecule has 0 radical (unpaired) electrons. The van der Waals surface area contributed by atoms with Gasteiger partial charge in [-0.25, -0.2) is 9.59 Å². The maximum atomic E-state index is 12.8. The van der Waals surface area contributed by atoms with Gasteiger partial charge in [-0.1, -0.05) is 35.5 Å². The minimum atomic E-state index is -1.33. The number of aliphatic carboxylic acids is 1. The van der Waals surface area contributed by atoms with E-state index in [4.69, 9.17) is 21.2 Å². The molecule has 1 saturated heterocycles. The first-order valence-corrected chi connectivity index (χ1v) is 11.3. The Morgan fingerprint density at radius 2 is 2.03 bits per heavy atom. The third kappa shape index (κ3) is 5.40. The SMILES string of the molecule is CON=C(C(=O)N[C@@H]1C(=O)N2C(C(=O)O)=C(COC(=O)NCCCl)CS[C@@H]12)c1ccccc1. The maximum absolute atomic E-state index is 12.8. The number of thioether (sulfide) groups is 1. The van der Waals surface area contributed by atoms with Crippen molar-refractivity contribution in [3.8, 4) is 0 Å². The third-order valence-electron chi connectivity index (χ3n) is 4.72. The third-order valence-corrected chi connectivity index (χ3v) is 6.25. The number of fused-ring (bicyclic) bond motifs is 1. The number of ether oxygens (including phenoxy) is 1. The van der Waals surface area contributed by atoms with Gasteiger partial charge in [0, 0.05) is 29.3 Å². The van der Waals surface area contributed by atoms with Crippen LogP contribution in [0.2, 0.25) is 0 Å². The fourth-order valence-electron chi connectivity index (χ4n) is 3.27. The van der Waals surface area contributed by atoms with E-state index in [1.54, 1.807) is 30.3 Å². The number of carboxylic acids is 1. The summed E-state index contributed by atoms with van der Waals surface area (Å²) < 4.78 is 5.03. The number of nitrogens with zero attached hydrogens (tertiary/aromatic N) is 2. The zero-order valence-corrected chi connectivity index (χ0v) is 19.0. The molecule has 2 atom stereocenters. The maximum Gasteiger partial charge on any atom is 0.407 e. The number of hydrogen-bond donors (Lipinski definition) is 3. The highest BCUT2D eigenvalue weighted by Crippen LogP contribution is 2.40. The van der Waals surface area contributed by atoms with E-state index in [1.165, 1.54) is 18.9 Å². The molecule has 0 bridgehead atoms. The van der Waals surface area contributed by atoms with Crippen molar-refractivity contribution < 1.29 is 33.9 Å². The summed E-state index contributed by atoms with van der Waals surface area (Å²) in [7, 11) is 1.30. The summed E-state index contributed by atoms with van der Waals surface area (Å²) in [6.45, 7) is -0.0969. The van der Waals surface area contributed by atoms with Crippen molar-refractivity contribution >= 4 is 53.0 Å². The van der Waals surface area contributed by atoms with E-state index >= 15 is 0 Å². The minimum absolute atomic E-state index is 0.0174. The molecule has 2 aliphatic rings. The van der Waals surface area contributed by atoms with Crippen LogP contribution in [0.1, 0.15) is 5.56 Å². The van der Waals surface area contributed by atoms with Crippen LogP contribution >= 0.6 is 23.4 Å². The summed E-state index contributed by atoms with van der Waals surface area (Å²) in [4.78, 5) is 54.9. The predicted octanol–water partition coefficient (Wildman–Crippen LogP) is 0.741. The Morgan fingerprint density at radius 1 is 1.30 bits per heavy atom. The summed E-state index contributed by atoms with van der Waals surface area (Å²) in [5, 5.41) is 17.8. The number of β-lactam (4-membered cyclic amide) rings is 1. The molecule has 11 nitrogen and oxygen atoms in total. The molecule has 1 aromatic rings. The number of carboxylic acid groups (broad SMARTS) is 1. The number of halogens is 1. The first-order valence-electron chi connectivity index (χ1n) is 9.73. The van der Waals surface area contributed by atoms with E-state index in [0.717, 1.165) is 4.90 Å². The number of nitrogens with one attached hydrogen (secondary N) is 2. The second-order valence-corrected chi connectivity index (χ2v) is 8.28. The minimum Gasteiger partial charge on any atom is -0.477 e. The normalized spacial score (nSPS) is 19.9. The van der Waals surface area contributed by atoms with Crippen LogP contribution in [0, 0.1) is 0 Å². The van der Waals surface area contributed by atoms with Crippen LogP contribution < -0.4 is 10.6 Å². The largest absolute Gasteiger partial charge is 0.477 e. The Balaban J connectivity index is 1.72. The van der Waals surface area contributed by atoms with E-state index in [0.29, 0.717) is 5.56 Å². The second kappa shape index (κ2) is 11.1. The molecule has 0 saturated carbocycles. The standard InChI is InChI=1S/C20H21ClN4O7S/c1-31-24-13(11-5-3-2-4-6-11)16(26)23-14-17(27)25-15(19(28)29)12(10-33-18(14)25)9-32-20(30)22-8-7-21/h2-6,14,18H,7-10H2,1H3,(H,22,30)(H,23,26)(H,28,29)/t14-,18+/m1/s1. The lowest BCUT2D eigenvalue weighted by Gasteiger charge is -2.49. The number of carbonyl (C=O) groups excluding carboxylic acids is 3. The number of alkyl halides is 1. The van der Waals surface area contributed by atoms with E-state index in [-0.39, 0.29) is 41.8 Å². The number of alkyl carbamates (subject to hydrolysis) is 1. The number of oxime groups is 1. The Hall–Kier alpha value is -3.25. The number of benzene rings is 1. The van der Waals surface area contributed by atoms with Crippen molar-refractivity contribution in [1.29, 1.82) is 0 Å². The molecule has 176 valence electrons.